The van der Waals surface area contributed by atoms with Crippen LogP contribution in [0.2, 0.25) is 5.15 Å². The molecule has 0 fully saturated rings. The number of anilines is 1. The number of hydrogen-bond donors (Lipinski definition) is 1. The van der Waals surface area contributed by atoms with E-state index >= 15 is 0 Å². The molecule has 1 unspecified atom stereocenters. The normalized spacial score (nSPS) is 12.1. The van der Waals surface area contributed by atoms with E-state index < -0.39 is 0 Å². The molecular weight excluding hydrogens is 234 g/mol. The number of rotatable bonds is 5. The predicted octanol–water partition coefficient (Wildman–Crippen LogP) is 2.51. The van der Waals surface area contributed by atoms with Crippen LogP contribution in [0.4, 0.5) is 5.13 Å². The Hall–Kier alpha value is -0.830. The zero-order chi connectivity index (χ0) is 11.3. The lowest BCUT2D eigenvalue weighted by Gasteiger charge is -2.11. The maximum Gasteiger partial charge on any atom is 0.185 e. The molecule has 82 valence electrons. The van der Waals surface area contributed by atoms with Gasteiger partial charge in [0.1, 0.15) is 10.9 Å². The van der Waals surface area contributed by atoms with E-state index in [4.69, 9.17) is 21.6 Å². The summed E-state index contributed by atoms with van der Waals surface area (Å²) in [5, 5.41) is 12.7. The van der Waals surface area contributed by atoms with E-state index in [0.29, 0.717) is 23.2 Å². The Morgan fingerprint density at radius 2 is 2.47 bits per heavy atom. The minimum atomic E-state index is 0.114. The fourth-order valence-electron chi connectivity index (χ4n) is 1.02. The number of halogens is 1. The highest BCUT2D eigenvalue weighted by molar-refractivity contribution is 7.16. The molecule has 4 nitrogen and oxygen atoms in total. The summed E-state index contributed by atoms with van der Waals surface area (Å²) in [6.45, 7) is 5.26. The molecule has 1 atom stereocenters. The number of nitrogens with zero attached hydrogens (tertiary/aromatic N) is 2. The number of nitriles is 1. The van der Waals surface area contributed by atoms with Gasteiger partial charge in [0.25, 0.3) is 0 Å². The van der Waals surface area contributed by atoms with E-state index in [0.717, 1.165) is 0 Å². The smallest absolute Gasteiger partial charge is 0.185 e. The Morgan fingerprint density at radius 3 is 3.00 bits per heavy atom. The molecule has 0 amide bonds. The van der Waals surface area contributed by atoms with Crippen molar-refractivity contribution in [3.05, 3.63) is 10.0 Å². The maximum atomic E-state index is 8.68. The third-order valence-electron chi connectivity index (χ3n) is 1.68. The van der Waals surface area contributed by atoms with Crippen LogP contribution in [0.5, 0.6) is 0 Å². The van der Waals surface area contributed by atoms with E-state index in [1.807, 2.05) is 19.9 Å². The largest absolute Gasteiger partial charge is 0.377 e. The molecule has 0 aliphatic heterocycles. The molecule has 1 aromatic rings. The molecule has 0 aliphatic carbocycles. The molecule has 0 aliphatic rings. The Kier molecular flexibility index (Phi) is 4.82. The van der Waals surface area contributed by atoms with Gasteiger partial charge in [-0.3, -0.25) is 0 Å². The summed E-state index contributed by atoms with van der Waals surface area (Å²) in [6, 6.07) is 1.98. The van der Waals surface area contributed by atoms with Crippen molar-refractivity contribution in [1.29, 1.82) is 5.26 Å². The van der Waals surface area contributed by atoms with Crippen molar-refractivity contribution in [2.75, 3.05) is 18.5 Å². The topological polar surface area (TPSA) is 57.9 Å². The van der Waals surface area contributed by atoms with Gasteiger partial charge >= 0.3 is 0 Å². The highest BCUT2D eigenvalue weighted by Crippen LogP contribution is 2.25. The zero-order valence-electron chi connectivity index (χ0n) is 8.58. The number of ether oxygens (including phenoxy) is 1. The fourth-order valence-corrected chi connectivity index (χ4v) is 1.97. The molecule has 1 heterocycles. The molecule has 0 spiro atoms. The first-order valence-electron chi connectivity index (χ1n) is 4.59. The Labute approximate surface area is 97.8 Å². The molecule has 15 heavy (non-hydrogen) atoms. The monoisotopic (exact) mass is 245 g/mol. The first kappa shape index (κ1) is 12.2. The summed E-state index contributed by atoms with van der Waals surface area (Å²) in [7, 11) is 0. The summed E-state index contributed by atoms with van der Waals surface area (Å²) >= 11 is 6.98. The Bertz CT molecular complexity index is 361. The van der Waals surface area contributed by atoms with E-state index in [1.54, 1.807) is 0 Å². The lowest BCUT2D eigenvalue weighted by Crippen LogP contribution is -2.19. The van der Waals surface area contributed by atoms with Crippen molar-refractivity contribution in [2.24, 2.45) is 0 Å². The van der Waals surface area contributed by atoms with Gasteiger partial charge in [-0.1, -0.05) is 22.9 Å². The van der Waals surface area contributed by atoms with E-state index in [9.17, 15) is 0 Å². The van der Waals surface area contributed by atoms with Crippen LogP contribution in [0.15, 0.2) is 0 Å². The van der Waals surface area contributed by atoms with E-state index in [2.05, 4.69) is 10.3 Å². The number of nitrogens with one attached hydrogen (secondary N) is 1. The van der Waals surface area contributed by atoms with Gasteiger partial charge in [-0.2, -0.15) is 5.26 Å². The van der Waals surface area contributed by atoms with Gasteiger partial charge in [0.15, 0.2) is 10.3 Å². The van der Waals surface area contributed by atoms with Gasteiger partial charge in [-0.15, -0.1) is 0 Å². The van der Waals surface area contributed by atoms with Crippen LogP contribution in [-0.4, -0.2) is 24.2 Å². The van der Waals surface area contributed by atoms with Gasteiger partial charge in [-0.25, -0.2) is 4.98 Å². The molecular formula is C9H12ClN3OS. The van der Waals surface area contributed by atoms with Crippen LogP contribution >= 0.6 is 22.9 Å². The van der Waals surface area contributed by atoms with Crippen molar-refractivity contribution in [3.63, 3.8) is 0 Å². The Morgan fingerprint density at radius 1 is 1.73 bits per heavy atom. The maximum absolute atomic E-state index is 8.68. The number of aromatic nitrogens is 1. The molecule has 1 aromatic heterocycles. The standard InChI is InChI=1S/C9H12ClN3OS/c1-3-14-6(2)5-12-9-13-8(10)7(4-11)15-9/h6H,3,5H2,1-2H3,(H,12,13). The van der Waals surface area contributed by atoms with Gasteiger partial charge < -0.3 is 10.1 Å². The van der Waals surface area contributed by atoms with Gasteiger partial charge in [0.2, 0.25) is 0 Å². The first-order chi connectivity index (χ1) is 7.17. The van der Waals surface area contributed by atoms with E-state index in [-0.39, 0.29) is 11.3 Å². The molecule has 6 heteroatoms. The summed E-state index contributed by atoms with van der Waals surface area (Å²) in [4.78, 5) is 4.44. The third-order valence-corrected chi connectivity index (χ3v) is 2.98. The summed E-state index contributed by atoms with van der Waals surface area (Å²) < 4.78 is 5.34. The van der Waals surface area contributed by atoms with Crippen LogP contribution in [-0.2, 0) is 4.74 Å². The summed E-state index contributed by atoms with van der Waals surface area (Å²) in [6.07, 6.45) is 0.114. The van der Waals surface area contributed by atoms with Crippen molar-refractivity contribution in [1.82, 2.24) is 4.98 Å². The van der Waals surface area contributed by atoms with Crippen molar-refractivity contribution in [2.45, 2.75) is 20.0 Å². The molecule has 0 bridgehead atoms. The second kappa shape index (κ2) is 5.91. The quantitative estimate of drug-likeness (QED) is 0.866. The lowest BCUT2D eigenvalue weighted by atomic mass is 10.4. The van der Waals surface area contributed by atoms with Crippen LogP contribution < -0.4 is 5.32 Å². The molecule has 1 rings (SSSR count). The SMILES string of the molecule is CCOC(C)CNc1nc(Cl)c(C#N)s1. The Balaban J connectivity index is 2.48. The average Bonchev–Trinajstić information content (AvgIpc) is 2.56. The van der Waals surface area contributed by atoms with Gasteiger partial charge in [0.05, 0.1) is 6.10 Å². The third kappa shape index (κ3) is 3.67. The highest BCUT2D eigenvalue weighted by Gasteiger charge is 2.09. The highest BCUT2D eigenvalue weighted by atomic mass is 35.5. The summed E-state index contributed by atoms with van der Waals surface area (Å²) in [5.41, 5.74) is 0. The van der Waals surface area contributed by atoms with Crippen molar-refractivity contribution < 1.29 is 4.74 Å². The summed E-state index contributed by atoms with van der Waals surface area (Å²) in [5.74, 6) is 0. The molecule has 0 saturated carbocycles. The molecule has 0 saturated heterocycles. The minimum absolute atomic E-state index is 0.114. The van der Waals surface area contributed by atoms with Crippen LogP contribution in [0.1, 0.15) is 18.7 Å². The lowest BCUT2D eigenvalue weighted by molar-refractivity contribution is 0.0855. The van der Waals surface area contributed by atoms with E-state index in [1.165, 1.54) is 11.3 Å². The first-order valence-corrected chi connectivity index (χ1v) is 5.78. The second-order valence-corrected chi connectivity index (χ2v) is 4.25. The predicted molar refractivity (Wildman–Crippen MR) is 61.4 cm³/mol. The zero-order valence-corrected chi connectivity index (χ0v) is 10.2. The fraction of sp³-hybridized carbons (Fsp3) is 0.556. The van der Waals surface area contributed by atoms with Crippen molar-refractivity contribution in [3.8, 4) is 6.07 Å². The number of thiazole rings is 1. The van der Waals surface area contributed by atoms with Crippen LogP contribution in [0.3, 0.4) is 0 Å². The van der Waals surface area contributed by atoms with Crippen LogP contribution in [0, 0.1) is 11.3 Å². The number of hydrogen-bond acceptors (Lipinski definition) is 5. The molecule has 0 aromatic carbocycles. The average molecular weight is 246 g/mol. The van der Waals surface area contributed by atoms with Crippen LogP contribution in [0.25, 0.3) is 0 Å². The van der Waals surface area contributed by atoms with Gasteiger partial charge in [0, 0.05) is 13.2 Å². The molecule has 1 N–H and O–H groups in total. The van der Waals surface area contributed by atoms with Crippen molar-refractivity contribution >= 4 is 28.1 Å². The second-order valence-electron chi connectivity index (χ2n) is 2.90. The van der Waals surface area contributed by atoms with Gasteiger partial charge in [-0.05, 0) is 13.8 Å². The minimum Gasteiger partial charge on any atom is -0.377 e. The molecule has 0 radical (unpaired) electrons.